The summed E-state index contributed by atoms with van der Waals surface area (Å²) in [4.78, 5) is 47.3. The minimum Gasteiger partial charge on any atom is -0.497 e. The first-order valence-electron chi connectivity index (χ1n) is 9.77. The van der Waals surface area contributed by atoms with Gasteiger partial charge in [-0.25, -0.2) is 9.59 Å². The van der Waals surface area contributed by atoms with E-state index in [-0.39, 0.29) is 6.04 Å². The summed E-state index contributed by atoms with van der Waals surface area (Å²) in [5.74, 6) is -1.31. The molecule has 1 fully saturated rings. The van der Waals surface area contributed by atoms with Gasteiger partial charge < -0.3 is 20.1 Å². The van der Waals surface area contributed by atoms with E-state index in [9.17, 15) is 19.2 Å². The average molecular weight is 417 g/mol. The molecule has 0 aromatic heterocycles. The van der Waals surface area contributed by atoms with E-state index in [1.165, 1.54) is 13.0 Å². The lowest BCUT2D eigenvalue weighted by atomic mass is 10.2. The highest BCUT2D eigenvalue weighted by atomic mass is 16.5. The smallest absolute Gasteiger partial charge is 0.328 e. The van der Waals surface area contributed by atoms with Gasteiger partial charge in [-0.1, -0.05) is 25.0 Å². The van der Waals surface area contributed by atoms with Gasteiger partial charge >= 0.3 is 12.0 Å². The van der Waals surface area contributed by atoms with Crippen molar-refractivity contribution in [1.82, 2.24) is 16.0 Å². The number of carbonyl (C=O) groups excluding carboxylic acids is 4. The van der Waals surface area contributed by atoms with Crippen LogP contribution in [0.1, 0.15) is 38.2 Å². The molecule has 2 rings (SSSR count). The molecule has 30 heavy (non-hydrogen) atoms. The molecular formula is C21H27N3O6. The summed E-state index contributed by atoms with van der Waals surface area (Å²) < 4.78 is 9.90. The van der Waals surface area contributed by atoms with Crippen LogP contribution >= 0.6 is 0 Å². The van der Waals surface area contributed by atoms with Crippen LogP contribution in [-0.2, 0) is 19.1 Å². The van der Waals surface area contributed by atoms with Crippen LogP contribution in [0.4, 0.5) is 4.79 Å². The molecule has 9 heteroatoms. The van der Waals surface area contributed by atoms with Gasteiger partial charge in [-0.2, -0.15) is 0 Å². The van der Waals surface area contributed by atoms with E-state index in [2.05, 4.69) is 16.0 Å². The number of urea groups is 1. The van der Waals surface area contributed by atoms with Crippen LogP contribution in [0.5, 0.6) is 5.75 Å². The molecule has 3 N–H and O–H groups in total. The normalized spacial score (nSPS) is 14.7. The number of ether oxygens (including phenoxy) is 2. The number of rotatable bonds is 8. The second-order valence-electron chi connectivity index (χ2n) is 6.95. The Hall–Kier alpha value is -3.36. The second kappa shape index (κ2) is 11.6. The Labute approximate surface area is 175 Å². The monoisotopic (exact) mass is 417 g/mol. The van der Waals surface area contributed by atoms with Crippen molar-refractivity contribution in [3.63, 3.8) is 0 Å². The topological polar surface area (TPSA) is 123 Å². The van der Waals surface area contributed by atoms with Crippen molar-refractivity contribution in [1.29, 1.82) is 0 Å². The van der Waals surface area contributed by atoms with Gasteiger partial charge in [0.2, 0.25) is 5.91 Å². The number of hydrogen-bond donors (Lipinski definition) is 3. The summed E-state index contributed by atoms with van der Waals surface area (Å²) in [6.45, 7) is 0.824. The van der Waals surface area contributed by atoms with E-state index in [0.29, 0.717) is 5.75 Å². The molecule has 1 aromatic rings. The molecule has 0 aliphatic heterocycles. The third-order valence-corrected chi connectivity index (χ3v) is 4.54. The fourth-order valence-electron chi connectivity index (χ4n) is 2.92. The molecular weight excluding hydrogens is 390 g/mol. The maximum Gasteiger partial charge on any atom is 0.328 e. The molecule has 1 aromatic carbocycles. The van der Waals surface area contributed by atoms with Gasteiger partial charge in [0.25, 0.3) is 5.91 Å². The zero-order chi connectivity index (χ0) is 21.9. The molecule has 1 aliphatic rings. The lowest BCUT2D eigenvalue weighted by molar-refractivity contribution is -0.150. The summed E-state index contributed by atoms with van der Waals surface area (Å²) in [6, 6.07) is 5.59. The number of amides is 4. The van der Waals surface area contributed by atoms with E-state index in [1.807, 2.05) is 0 Å². The van der Waals surface area contributed by atoms with Crippen LogP contribution in [0, 0.1) is 0 Å². The summed E-state index contributed by atoms with van der Waals surface area (Å²) in [6.07, 6.45) is 6.75. The molecule has 0 bridgehead atoms. The van der Waals surface area contributed by atoms with Crippen molar-refractivity contribution < 1.29 is 28.7 Å². The molecule has 0 unspecified atom stereocenters. The number of benzene rings is 1. The lowest BCUT2D eigenvalue weighted by Crippen LogP contribution is -2.45. The highest BCUT2D eigenvalue weighted by molar-refractivity contribution is 5.97. The Morgan fingerprint density at radius 1 is 1.13 bits per heavy atom. The maximum atomic E-state index is 11.9. The van der Waals surface area contributed by atoms with E-state index in [1.54, 1.807) is 37.5 Å². The number of imide groups is 1. The lowest BCUT2D eigenvalue weighted by Gasteiger charge is -2.14. The number of nitrogens with one attached hydrogen (secondary N) is 3. The Balaban J connectivity index is 1.68. The van der Waals surface area contributed by atoms with Gasteiger partial charge in [0.1, 0.15) is 11.8 Å². The van der Waals surface area contributed by atoms with E-state index in [0.717, 1.165) is 31.2 Å². The quantitative estimate of drug-likeness (QED) is 0.435. The van der Waals surface area contributed by atoms with Gasteiger partial charge in [0, 0.05) is 12.1 Å². The first-order valence-corrected chi connectivity index (χ1v) is 9.77. The molecule has 162 valence electrons. The second-order valence-corrected chi connectivity index (χ2v) is 6.95. The zero-order valence-electron chi connectivity index (χ0n) is 17.1. The Morgan fingerprint density at radius 3 is 2.43 bits per heavy atom. The number of esters is 1. The van der Waals surface area contributed by atoms with Crippen LogP contribution in [0.15, 0.2) is 30.3 Å². The summed E-state index contributed by atoms with van der Waals surface area (Å²) >= 11 is 0. The number of hydrogen-bond acceptors (Lipinski definition) is 6. The van der Waals surface area contributed by atoms with Crippen molar-refractivity contribution in [2.75, 3.05) is 13.7 Å². The van der Waals surface area contributed by atoms with Crippen molar-refractivity contribution in [2.45, 2.75) is 44.7 Å². The van der Waals surface area contributed by atoms with Crippen LogP contribution < -0.4 is 20.7 Å². The van der Waals surface area contributed by atoms with E-state index < -0.39 is 36.5 Å². The third-order valence-electron chi connectivity index (χ3n) is 4.54. The highest BCUT2D eigenvalue weighted by Crippen LogP contribution is 2.17. The largest absolute Gasteiger partial charge is 0.497 e. The van der Waals surface area contributed by atoms with Gasteiger partial charge in [-0.15, -0.1) is 0 Å². The standard InChI is InChI=1S/C21H27N3O6/c1-14(22-18(25)12-9-15-7-10-17(29-2)11-8-15)20(27)30-13-19(26)24-21(28)23-16-5-3-4-6-16/h7-12,14,16H,3-6,13H2,1-2H3,(H,22,25)(H2,23,24,26,28)/b12-9+/t14-/m0/s1. The Bertz CT molecular complexity index is 784. The van der Waals surface area contributed by atoms with E-state index >= 15 is 0 Å². The molecule has 1 saturated carbocycles. The van der Waals surface area contributed by atoms with Gasteiger partial charge in [0.15, 0.2) is 6.61 Å². The average Bonchev–Trinajstić information content (AvgIpc) is 3.23. The predicted octanol–water partition coefficient (Wildman–Crippen LogP) is 1.52. The predicted molar refractivity (Wildman–Crippen MR) is 110 cm³/mol. The first kappa shape index (κ1) is 22.9. The molecule has 4 amide bonds. The SMILES string of the molecule is COc1ccc(/C=C/C(=O)N[C@@H](C)C(=O)OCC(=O)NC(=O)NC2CCCC2)cc1. The van der Waals surface area contributed by atoms with Crippen molar-refractivity contribution in [3.05, 3.63) is 35.9 Å². The fourth-order valence-corrected chi connectivity index (χ4v) is 2.92. The maximum absolute atomic E-state index is 11.9. The summed E-state index contributed by atoms with van der Waals surface area (Å²) in [7, 11) is 1.56. The number of carbonyl (C=O) groups is 4. The van der Waals surface area contributed by atoms with Gasteiger partial charge in [-0.05, 0) is 43.5 Å². The molecule has 0 radical (unpaired) electrons. The van der Waals surface area contributed by atoms with Crippen molar-refractivity contribution >= 4 is 29.9 Å². The van der Waals surface area contributed by atoms with Crippen LogP contribution in [0.2, 0.25) is 0 Å². The Kier molecular flexibility index (Phi) is 8.86. The summed E-state index contributed by atoms with van der Waals surface area (Å²) in [5.41, 5.74) is 0.786. The van der Waals surface area contributed by atoms with Crippen molar-refractivity contribution in [2.24, 2.45) is 0 Å². The molecule has 0 heterocycles. The molecule has 0 spiro atoms. The highest BCUT2D eigenvalue weighted by Gasteiger charge is 2.20. The van der Waals surface area contributed by atoms with Gasteiger partial charge in [0.05, 0.1) is 7.11 Å². The van der Waals surface area contributed by atoms with Gasteiger partial charge in [-0.3, -0.25) is 14.9 Å². The Morgan fingerprint density at radius 2 is 1.80 bits per heavy atom. The molecule has 9 nitrogen and oxygen atoms in total. The van der Waals surface area contributed by atoms with Crippen LogP contribution in [0.25, 0.3) is 6.08 Å². The molecule has 1 aliphatic carbocycles. The van der Waals surface area contributed by atoms with Crippen LogP contribution in [0.3, 0.4) is 0 Å². The van der Waals surface area contributed by atoms with E-state index in [4.69, 9.17) is 9.47 Å². The molecule has 0 saturated heterocycles. The minimum atomic E-state index is -0.960. The summed E-state index contributed by atoms with van der Waals surface area (Å²) in [5, 5.41) is 7.26. The third kappa shape index (κ3) is 7.94. The zero-order valence-corrected chi connectivity index (χ0v) is 17.1. The fraction of sp³-hybridized carbons (Fsp3) is 0.429. The van der Waals surface area contributed by atoms with Crippen molar-refractivity contribution in [3.8, 4) is 5.75 Å². The number of methoxy groups -OCH3 is 1. The van der Waals surface area contributed by atoms with Crippen LogP contribution in [-0.4, -0.2) is 49.6 Å². The molecule has 1 atom stereocenters. The minimum absolute atomic E-state index is 0.0709. The first-order chi connectivity index (χ1) is 14.4.